The molecule has 0 aromatic carbocycles. The Morgan fingerprint density at radius 1 is 1.69 bits per heavy atom. The first kappa shape index (κ1) is 10.5. The summed E-state index contributed by atoms with van der Waals surface area (Å²) in [6.45, 7) is 1.87. The zero-order valence-corrected chi connectivity index (χ0v) is 9.20. The summed E-state index contributed by atoms with van der Waals surface area (Å²) < 4.78 is 0. The van der Waals surface area contributed by atoms with Crippen molar-refractivity contribution in [3.63, 3.8) is 0 Å². The molecule has 0 bridgehead atoms. The number of hydroxylamine groups is 2. The summed E-state index contributed by atoms with van der Waals surface area (Å²) in [6.07, 6.45) is 0. The molecule has 0 unspecified atom stereocenters. The van der Waals surface area contributed by atoms with Crippen LogP contribution in [-0.4, -0.2) is 25.1 Å². The highest BCUT2D eigenvalue weighted by molar-refractivity contribution is 7.14. The largest absolute Gasteiger partial charge is 0.287 e. The Labute approximate surface area is 85.8 Å². The molecule has 0 N–H and O–H groups in total. The van der Waals surface area contributed by atoms with Gasteiger partial charge in [0.2, 0.25) is 0 Å². The van der Waals surface area contributed by atoms with Crippen molar-refractivity contribution >= 4 is 28.8 Å². The van der Waals surface area contributed by atoms with E-state index in [0.29, 0.717) is 9.90 Å². The van der Waals surface area contributed by atoms with Crippen molar-refractivity contribution in [3.8, 4) is 0 Å². The fourth-order valence-electron chi connectivity index (χ4n) is 0.803. The van der Waals surface area contributed by atoms with Crippen LogP contribution in [0.15, 0.2) is 6.07 Å². The van der Waals surface area contributed by atoms with E-state index in [4.69, 9.17) is 16.4 Å². The van der Waals surface area contributed by atoms with Crippen LogP contribution in [0.5, 0.6) is 0 Å². The normalized spacial score (nSPS) is 10.2. The number of rotatable bonds is 2. The summed E-state index contributed by atoms with van der Waals surface area (Å²) in [5.74, 6) is -0.178. The van der Waals surface area contributed by atoms with Crippen molar-refractivity contribution in [2.45, 2.75) is 6.92 Å². The number of carbonyl (C=O) groups excluding carboxylic acids is 1. The lowest BCUT2D eigenvalue weighted by Crippen LogP contribution is -2.24. The molecule has 1 aromatic rings. The van der Waals surface area contributed by atoms with E-state index in [0.717, 1.165) is 4.88 Å². The van der Waals surface area contributed by atoms with Gasteiger partial charge < -0.3 is 0 Å². The van der Waals surface area contributed by atoms with Crippen molar-refractivity contribution in [2.24, 2.45) is 0 Å². The molecule has 0 fully saturated rings. The first-order valence-electron chi connectivity index (χ1n) is 3.64. The Hall–Kier alpha value is -0.580. The summed E-state index contributed by atoms with van der Waals surface area (Å²) in [4.78, 5) is 17.8. The van der Waals surface area contributed by atoms with Crippen LogP contribution in [0.25, 0.3) is 0 Å². The van der Waals surface area contributed by atoms with E-state index in [9.17, 15) is 4.79 Å². The van der Waals surface area contributed by atoms with Crippen LogP contribution in [-0.2, 0) is 4.84 Å². The maximum absolute atomic E-state index is 11.5. The second kappa shape index (κ2) is 4.09. The van der Waals surface area contributed by atoms with Crippen LogP contribution in [0.3, 0.4) is 0 Å². The molecule has 3 nitrogen and oxygen atoms in total. The van der Waals surface area contributed by atoms with E-state index in [-0.39, 0.29) is 5.91 Å². The number of halogens is 1. The fraction of sp³-hybridized carbons (Fsp3) is 0.375. The Morgan fingerprint density at radius 2 is 2.31 bits per heavy atom. The van der Waals surface area contributed by atoms with Crippen LogP contribution in [0.4, 0.5) is 0 Å². The molecule has 13 heavy (non-hydrogen) atoms. The van der Waals surface area contributed by atoms with Crippen molar-refractivity contribution in [1.82, 2.24) is 5.06 Å². The van der Waals surface area contributed by atoms with E-state index >= 15 is 0 Å². The van der Waals surface area contributed by atoms with Gasteiger partial charge in [-0.15, -0.1) is 11.3 Å². The molecular formula is C8H10ClNO2S. The molecule has 0 saturated heterocycles. The second-order valence-electron chi connectivity index (χ2n) is 2.50. The van der Waals surface area contributed by atoms with Gasteiger partial charge in [0, 0.05) is 11.9 Å². The zero-order chi connectivity index (χ0) is 10.0. The quantitative estimate of drug-likeness (QED) is 0.715. The van der Waals surface area contributed by atoms with Crippen LogP contribution >= 0.6 is 22.9 Å². The minimum Gasteiger partial charge on any atom is -0.274 e. The number of aryl methyl sites for hydroxylation is 1. The molecule has 0 spiro atoms. The third kappa shape index (κ3) is 2.21. The average molecular weight is 220 g/mol. The topological polar surface area (TPSA) is 29.5 Å². The molecule has 1 aromatic heterocycles. The third-order valence-electron chi connectivity index (χ3n) is 1.63. The van der Waals surface area contributed by atoms with Crippen molar-refractivity contribution in [1.29, 1.82) is 0 Å². The molecule has 1 heterocycles. The first-order valence-corrected chi connectivity index (χ1v) is 4.83. The minimum absolute atomic E-state index is 0.178. The van der Waals surface area contributed by atoms with E-state index in [1.165, 1.54) is 23.5 Å². The van der Waals surface area contributed by atoms with Gasteiger partial charge in [-0.05, 0) is 13.0 Å². The molecule has 1 amide bonds. The van der Waals surface area contributed by atoms with Gasteiger partial charge in [0.05, 0.1) is 17.0 Å². The molecule has 0 aliphatic carbocycles. The Morgan fingerprint density at radius 3 is 2.69 bits per heavy atom. The van der Waals surface area contributed by atoms with Gasteiger partial charge in [-0.1, -0.05) is 11.6 Å². The van der Waals surface area contributed by atoms with Gasteiger partial charge in [-0.2, -0.15) is 0 Å². The average Bonchev–Trinajstić information content (AvgIpc) is 2.44. The fourth-order valence-corrected chi connectivity index (χ4v) is 1.97. The predicted octanol–water partition coefficient (Wildman–Crippen LogP) is 2.34. The second-order valence-corrected chi connectivity index (χ2v) is 4.16. The highest BCUT2D eigenvalue weighted by atomic mass is 35.5. The van der Waals surface area contributed by atoms with Gasteiger partial charge in [0.25, 0.3) is 5.91 Å². The van der Waals surface area contributed by atoms with E-state index in [1.54, 1.807) is 13.1 Å². The van der Waals surface area contributed by atoms with Gasteiger partial charge in [-0.3, -0.25) is 9.63 Å². The molecule has 0 aliphatic heterocycles. The van der Waals surface area contributed by atoms with Gasteiger partial charge in [0.15, 0.2) is 0 Å². The Balaban J connectivity index is 2.89. The van der Waals surface area contributed by atoms with Crippen molar-refractivity contribution in [2.75, 3.05) is 14.2 Å². The number of amides is 1. The van der Waals surface area contributed by atoms with E-state index < -0.39 is 0 Å². The molecule has 1 rings (SSSR count). The standard InChI is InChI=1S/C8H10ClNO2S/c1-5-6(9)4-7(13-5)8(11)10(2)12-3/h4H,1-3H3. The number of nitrogens with zero attached hydrogens (tertiary/aromatic N) is 1. The lowest BCUT2D eigenvalue weighted by atomic mass is 10.4. The first-order chi connectivity index (χ1) is 6.06. The lowest BCUT2D eigenvalue weighted by Gasteiger charge is -2.11. The van der Waals surface area contributed by atoms with Crippen LogP contribution < -0.4 is 0 Å². The smallest absolute Gasteiger partial charge is 0.274 e. The molecule has 72 valence electrons. The van der Waals surface area contributed by atoms with Crippen molar-refractivity contribution in [3.05, 3.63) is 20.8 Å². The van der Waals surface area contributed by atoms with Crippen molar-refractivity contribution < 1.29 is 9.63 Å². The number of hydrogen-bond donors (Lipinski definition) is 0. The lowest BCUT2D eigenvalue weighted by molar-refractivity contribution is -0.0753. The zero-order valence-electron chi connectivity index (χ0n) is 7.63. The number of carbonyl (C=O) groups is 1. The maximum Gasteiger partial charge on any atom is 0.287 e. The number of thiophene rings is 1. The molecule has 0 saturated carbocycles. The maximum atomic E-state index is 11.5. The van der Waals surface area contributed by atoms with Gasteiger partial charge in [0.1, 0.15) is 0 Å². The van der Waals surface area contributed by atoms with E-state index in [2.05, 4.69) is 0 Å². The SMILES string of the molecule is CON(C)C(=O)c1cc(Cl)c(C)s1. The monoisotopic (exact) mass is 219 g/mol. The number of hydrogen-bond acceptors (Lipinski definition) is 3. The molecule has 0 radical (unpaired) electrons. The van der Waals surface area contributed by atoms with Crippen LogP contribution in [0.1, 0.15) is 14.5 Å². The molecule has 5 heteroatoms. The molecule has 0 atom stereocenters. The third-order valence-corrected chi connectivity index (χ3v) is 3.17. The summed E-state index contributed by atoms with van der Waals surface area (Å²) in [5.41, 5.74) is 0. The Kier molecular flexibility index (Phi) is 3.30. The highest BCUT2D eigenvalue weighted by Gasteiger charge is 2.15. The summed E-state index contributed by atoms with van der Waals surface area (Å²) in [6, 6.07) is 1.65. The van der Waals surface area contributed by atoms with E-state index in [1.807, 2.05) is 6.92 Å². The summed E-state index contributed by atoms with van der Waals surface area (Å²) >= 11 is 7.18. The van der Waals surface area contributed by atoms with Crippen LogP contribution in [0.2, 0.25) is 5.02 Å². The summed E-state index contributed by atoms with van der Waals surface area (Å²) in [7, 11) is 3.01. The minimum atomic E-state index is -0.178. The van der Waals surface area contributed by atoms with Gasteiger partial charge in [-0.25, -0.2) is 5.06 Å². The highest BCUT2D eigenvalue weighted by Crippen LogP contribution is 2.26. The Bertz CT molecular complexity index is 304. The molecular weight excluding hydrogens is 210 g/mol. The van der Waals surface area contributed by atoms with Gasteiger partial charge >= 0.3 is 0 Å². The van der Waals surface area contributed by atoms with Crippen LogP contribution in [0, 0.1) is 6.92 Å². The predicted molar refractivity (Wildman–Crippen MR) is 53.2 cm³/mol. The molecule has 0 aliphatic rings. The summed E-state index contributed by atoms with van der Waals surface area (Å²) in [5, 5.41) is 1.79.